The SMILES string of the molecule is CCc1cnc(N2CCCC(C(=O)NC3CC3)C2)nc1. The van der Waals surface area contributed by atoms with Crippen LogP contribution in [0.1, 0.15) is 38.2 Å². The molecule has 1 aliphatic heterocycles. The molecule has 0 bridgehead atoms. The Morgan fingerprint density at radius 1 is 1.35 bits per heavy atom. The van der Waals surface area contributed by atoms with Crippen molar-refractivity contribution in [1.82, 2.24) is 15.3 Å². The highest BCUT2D eigenvalue weighted by Crippen LogP contribution is 2.23. The Bertz CT molecular complexity index is 469. The molecule has 1 aromatic heterocycles. The number of aryl methyl sites for hydroxylation is 1. The number of piperidine rings is 1. The zero-order chi connectivity index (χ0) is 13.9. The highest BCUT2D eigenvalue weighted by molar-refractivity contribution is 5.80. The van der Waals surface area contributed by atoms with Crippen LogP contribution in [0.5, 0.6) is 0 Å². The first-order valence-electron chi connectivity index (χ1n) is 7.62. The van der Waals surface area contributed by atoms with E-state index in [4.69, 9.17) is 0 Å². The van der Waals surface area contributed by atoms with Gasteiger partial charge in [0.2, 0.25) is 11.9 Å². The molecule has 0 radical (unpaired) electrons. The maximum absolute atomic E-state index is 12.1. The fourth-order valence-electron chi connectivity index (χ4n) is 2.61. The highest BCUT2D eigenvalue weighted by atomic mass is 16.2. The summed E-state index contributed by atoms with van der Waals surface area (Å²) in [6.07, 6.45) is 9.01. The molecule has 2 aliphatic rings. The second-order valence-electron chi connectivity index (χ2n) is 5.81. The van der Waals surface area contributed by atoms with E-state index >= 15 is 0 Å². The molecular formula is C15H22N4O. The second kappa shape index (κ2) is 5.77. The molecule has 0 spiro atoms. The van der Waals surface area contributed by atoms with Crippen molar-refractivity contribution >= 4 is 11.9 Å². The summed E-state index contributed by atoms with van der Waals surface area (Å²) in [6, 6.07) is 0.443. The topological polar surface area (TPSA) is 58.1 Å². The third-order valence-corrected chi connectivity index (χ3v) is 4.10. The predicted molar refractivity (Wildman–Crippen MR) is 77.5 cm³/mol. The first kappa shape index (κ1) is 13.3. The summed E-state index contributed by atoms with van der Waals surface area (Å²) in [5.41, 5.74) is 1.15. The molecule has 1 amide bonds. The van der Waals surface area contributed by atoms with Crippen LogP contribution in [0.25, 0.3) is 0 Å². The van der Waals surface area contributed by atoms with E-state index in [1.54, 1.807) is 0 Å². The largest absolute Gasteiger partial charge is 0.353 e. The zero-order valence-corrected chi connectivity index (χ0v) is 12.0. The molecule has 1 atom stereocenters. The summed E-state index contributed by atoms with van der Waals surface area (Å²) in [6.45, 7) is 3.78. The van der Waals surface area contributed by atoms with E-state index in [0.717, 1.165) is 56.7 Å². The summed E-state index contributed by atoms with van der Waals surface area (Å²) < 4.78 is 0. The molecule has 0 aromatic carbocycles. The molecule has 3 rings (SSSR count). The molecule has 1 aromatic rings. The number of hydrogen-bond donors (Lipinski definition) is 1. The Labute approximate surface area is 119 Å². The van der Waals surface area contributed by atoms with Gasteiger partial charge >= 0.3 is 0 Å². The van der Waals surface area contributed by atoms with E-state index in [-0.39, 0.29) is 11.8 Å². The van der Waals surface area contributed by atoms with Gasteiger partial charge in [0, 0.05) is 31.5 Å². The third-order valence-electron chi connectivity index (χ3n) is 4.10. The summed E-state index contributed by atoms with van der Waals surface area (Å²) in [7, 11) is 0. The van der Waals surface area contributed by atoms with Crippen LogP contribution in [0.3, 0.4) is 0 Å². The van der Waals surface area contributed by atoms with E-state index < -0.39 is 0 Å². The number of carbonyl (C=O) groups is 1. The van der Waals surface area contributed by atoms with Crippen LogP contribution in [0.15, 0.2) is 12.4 Å². The van der Waals surface area contributed by atoms with E-state index in [0.29, 0.717) is 6.04 Å². The lowest BCUT2D eigenvalue weighted by Crippen LogP contribution is -2.44. The van der Waals surface area contributed by atoms with Gasteiger partial charge in [-0.25, -0.2) is 9.97 Å². The molecule has 5 heteroatoms. The first-order chi connectivity index (χ1) is 9.76. The highest BCUT2D eigenvalue weighted by Gasteiger charge is 2.31. The lowest BCUT2D eigenvalue weighted by atomic mass is 9.97. The molecule has 5 nitrogen and oxygen atoms in total. The average molecular weight is 274 g/mol. The van der Waals surface area contributed by atoms with Gasteiger partial charge in [-0.05, 0) is 37.7 Å². The number of carbonyl (C=O) groups excluding carboxylic acids is 1. The molecule has 1 N–H and O–H groups in total. The first-order valence-corrected chi connectivity index (χ1v) is 7.62. The smallest absolute Gasteiger partial charge is 0.225 e. The van der Waals surface area contributed by atoms with E-state index in [1.807, 2.05) is 12.4 Å². The number of nitrogens with zero attached hydrogens (tertiary/aromatic N) is 3. The lowest BCUT2D eigenvalue weighted by Gasteiger charge is -2.32. The third kappa shape index (κ3) is 3.08. The van der Waals surface area contributed by atoms with Gasteiger partial charge in [-0.2, -0.15) is 0 Å². The summed E-state index contributed by atoms with van der Waals surface area (Å²) in [4.78, 5) is 23.1. The molecule has 2 fully saturated rings. The number of amides is 1. The second-order valence-corrected chi connectivity index (χ2v) is 5.81. The number of hydrogen-bond acceptors (Lipinski definition) is 4. The van der Waals surface area contributed by atoms with Crippen molar-refractivity contribution in [3.63, 3.8) is 0 Å². The molecule has 2 heterocycles. The van der Waals surface area contributed by atoms with Crippen molar-refractivity contribution < 1.29 is 4.79 Å². The van der Waals surface area contributed by atoms with Crippen LogP contribution in [0.2, 0.25) is 0 Å². The number of aromatic nitrogens is 2. The van der Waals surface area contributed by atoms with Gasteiger partial charge in [0.15, 0.2) is 0 Å². The minimum atomic E-state index is 0.0822. The van der Waals surface area contributed by atoms with Crippen molar-refractivity contribution in [3.8, 4) is 0 Å². The van der Waals surface area contributed by atoms with Gasteiger partial charge in [-0.3, -0.25) is 4.79 Å². The van der Waals surface area contributed by atoms with E-state index in [9.17, 15) is 4.79 Å². The Hall–Kier alpha value is -1.65. The van der Waals surface area contributed by atoms with Crippen molar-refractivity contribution in [2.24, 2.45) is 5.92 Å². The molecule has 1 unspecified atom stereocenters. The Morgan fingerprint density at radius 2 is 2.10 bits per heavy atom. The van der Waals surface area contributed by atoms with Crippen LogP contribution in [0.4, 0.5) is 5.95 Å². The normalized spacial score (nSPS) is 22.6. The Balaban J connectivity index is 1.62. The maximum atomic E-state index is 12.1. The molecular weight excluding hydrogens is 252 g/mol. The van der Waals surface area contributed by atoms with Gasteiger partial charge in [-0.1, -0.05) is 6.92 Å². The average Bonchev–Trinajstić information content (AvgIpc) is 3.31. The van der Waals surface area contributed by atoms with Gasteiger partial charge < -0.3 is 10.2 Å². The summed E-state index contributed by atoms with van der Waals surface area (Å²) in [5.74, 6) is 1.05. The van der Waals surface area contributed by atoms with Gasteiger partial charge in [0.05, 0.1) is 5.92 Å². The molecule has 20 heavy (non-hydrogen) atoms. The lowest BCUT2D eigenvalue weighted by molar-refractivity contribution is -0.125. The number of nitrogens with one attached hydrogen (secondary N) is 1. The number of rotatable bonds is 4. The van der Waals surface area contributed by atoms with Gasteiger partial charge in [0.25, 0.3) is 0 Å². The quantitative estimate of drug-likeness (QED) is 0.904. The minimum Gasteiger partial charge on any atom is -0.353 e. The molecule has 1 aliphatic carbocycles. The van der Waals surface area contributed by atoms with Gasteiger partial charge in [-0.15, -0.1) is 0 Å². The predicted octanol–water partition coefficient (Wildman–Crippen LogP) is 1.53. The van der Waals surface area contributed by atoms with Gasteiger partial charge in [0.1, 0.15) is 0 Å². The Morgan fingerprint density at radius 3 is 2.75 bits per heavy atom. The number of anilines is 1. The molecule has 108 valence electrons. The van der Waals surface area contributed by atoms with Crippen molar-refractivity contribution in [1.29, 1.82) is 0 Å². The van der Waals surface area contributed by atoms with Crippen LogP contribution in [-0.4, -0.2) is 35.0 Å². The Kier molecular flexibility index (Phi) is 3.85. The van der Waals surface area contributed by atoms with E-state index in [1.165, 1.54) is 0 Å². The summed E-state index contributed by atoms with van der Waals surface area (Å²) >= 11 is 0. The van der Waals surface area contributed by atoms with Crippen molar-refractivity contribution in [2.45, 2.75) is 45.1 Å². The standard InChI is InChI=1S/C15H22N4O/c1-2-11-8-16-15(17-9-11)19-7-3-4-12(10-19)14(20)18-13-5-6-13/h8-9,12-13H,2-7,10H2,1H3,(H,18,20). The molecule has 1 saturated heterocycles. The van der Waals surface area contributed by atoms with Crippen molar-refractivity contribution in [3.05, 3.63) is 18.0 Å². The fourth-order valence-corrected chi connectivity index (χ4v) is 2.61. The van der Waals surface area contributed by atoms with Crippen molar-refractivity contribution in [2.75, 3.05) is 18.0 Å². The molecule has 1 saturated carbocycles. The van der Waals surface area contributed by atoms with Crippen LogP contribution < -0.4 is 10.2 Å². The maximum Gasteiger partial charge on any atom is 0.225 e. The summed E-state index contributed by atoms with van der Waals surface area (Å²) in [5, 5.41) is 3.11. The van der Waals surface area contributed by atoms with Crippen LogP contribution >= 0.6 is 0 Å². The fraction of sp³-hybridized carbons (Fsp3) is 0.667. The zero-order valence-electron chi connectivity index (χ0n) is 12.0. The van der Waals surface area contributed by atoms with E-state index in [2.05, 4.69) is 27.1 Å². The monoisotopic (exact) mass is 274 g/mol. The minimum absolute atomic E-state index is 0.0822. The van der Waals surface area contributed by atoms with Crippen LogP contribution in [-0.2, 0) is 11.2 Å². The van der Waals surface area contributed by atoms with Crippen LogP contribution in [0, 0.1) is 5.92 Å².